The lowest BCUT2D eigenvalue weighted by molar-refractivity contribution is 0.571. The van der Waals surface area contributed by atoms with Gasteiger partial charge in [0.1, 0.15) is 11.5 Å². The van der Waals surface area contributed by atoms with E-state index < -0.39 is 0 Å². The predicted molar refractivity (Wildman–Crippen MR) is 74.0 cm³/mol. The standard InChI is InChI=1S/C14H13ClFN3/c1-8(15)9-2-3-10-12(11(9)16)17-7-19-6-14(4-5-14)18-13(10)19/h2-3,7-8H,4-6H2,1H3. The highest BCUT2D eigenvalue weighted by Gasteiger charge is 2.50. The van der Waals surface area contributed by atoms with Gasteiger partial charge in [0, 0.05) is 11.1 Å². The number of rotatable bonds is 1. The van der Waals surface area contributed by atoms with Gasteiger partial charge < -0.3 is 4.90 Å². The van der Waals surface area contributed by atoms with Crippen LogP contribution >= 0.6 is 11.6 Å². The molecule has 98 valence electrons. The number of aliphatic imine (C=N–C) groups is 2. The summed E-state index contributed by atoms with van der Waals surface area (Å²) >= 11 is 5.98. The highest BCUT2D eigenvalue weighted by Crippen LogP contribution is 2.46. The van der Waals surface area contributed by atoms with Crippen molar-refractivity contribution >= 4 is 29.5 Å². The maximum atomic E-state index is 14.4. The zero-order chi connectivity index (χ0) is 13.2. The third-order valence-electron chi connectivity index (χ3n) is 4.05. The topological polar surface area (TPSA) is 28.0 Å². The summed E-state index contributed by atoms with van der Waals surface area (Å²) in [5.74, 6) is 0.533. The van der Waals surface area contributed by atoms with E-state index in [0.29, 0.717) is 11.3 Å². The number of hydrogen-bond acceptors (Lipinski definition) is 3. The van der Waals surface area contributed by atoms with Crippen LogP contribution in [0.15, 0.2) is 22.1 Å². The maximum absolute atomic E-state index is 14.4. The van der Waals surface area contributed by atoms with Crippen LogP contribution in [0.3, 0.4) is 0 Å². The minimum atomic E-state index is -0.362. The van der Waals surface area contributed by atoms with Gasteiger partial charge in [-0.2, -0.15) is 0 Å². The Labute approximate surface area is 115 Å². The zero-order valence-electron chi connectivity index (χ0n) is 10.5. The lowest BCUT2D eigenvalue weighted by Gasteiger charge is -2.22. The van der Waals surface area contributed by atoms with Gasteiger partial charge in [-0.1, -0.05) is 6.07 Å². The molecule has 1 atom stereocenters. The largest absolute Gasteiger partial charge is 0.314 e. The van der Waals surface area contributed by atoms with Crippen molar-refractivity contribution < 1.29 is 4.39 Å². The quantitative estimate of drug-likeness (QED) is 0.723. The van der Waals surface area contributed by atoms with E-state index >= 15 is 0 Å². The fraction of sp³-hybridized carbons (Fsp3) is 0.429. The van der Waals surface area contributed by atoms with Crippen molar-refractivity contribution in [3.8, 4) is 0 Å². The van der Waals surface area contributed by atoms with Crippen molar-refractivity contribution in [2.45, 2.75) is 30.7 Å². The molecule has 2 heterocycles. The first-order valence-corrected chi connectivity index (χ1v) is 6.91. The highest BCUT2D eigenvalue weighted by atomic mass is 35.5. The van der Waals surface area contributed by atoms with Crippen LogP contribution in [0.1, 0.15) is 36.3 Å². The Balaban J connectivity index is 1.88. The van der Waals surface area contributed by atoms with Gasteiger partial charge in [-0.25, -0.2) is 9.38 Å². The fourth-order valence-corrected chi connectivity index (χ4v) is 2.93. The predicted octanol–water partition coefficient (Wildman–Crippen LogP) is 3.39. The molecule has 0 bridgehead atoms. The van der Waals surface area contributed by atoms with Gasteiger partial charge in [0.2, 0.25) is 0 Å². The van der Waals surface area contributed by atoms with Crippen molar-refractivity contribution in [1.82, 2.24) is 4.90 Å². The third-order valence-corrected chi connectivity index (χ3v) is 4.28. The van der Waals surface area contributed by atoms with Gasteiger partial charge in [-0.15, -0.1) is 11.6 Å². The molecule has 1 aromatic carbocycles. The van der Waals surface area contributed by atoms with Gasteiger partial charge >= 0.3 is 0 Å². The molecule has 1 aliphatic carbocycles. The van der Waals surface area contributed by atoms with Gasteiger partial charge in [0.15, 0.2) is 5.82 Å². The minimum Gasteiger partial charge on any atom is -0.314 e. The Morgan fingerprint density at radius 1 is 1.42 bits per heavy atom. The summed E-state index contributed by atoms with van der Waals surface area (Å²) in [6, 6.07) is 3.63. The second-order valence-electron chi connectivity index (χ2n) is 5.51. The van der Waals surface area contributed by atoms with Crippen LogP contribution < -0.4 is 0 Å². The molecule has 2 aliphatic heterocycles. The summed E-state index contributed by atoms with van der Waals surface area (Å²) < 4.78 is 14.4. The van der Waals surface area contributed by atoms with Crippen molar-refractivity contribution in [2.75, 3.05) is 6.54 Å². The first-order chi connectivity index (χ1) is 9.10. The van der Waals surface area contributed by atoms with Crippen LogP contribution in [0.25, 0.3) is 0 Å². The summed E-state index contributed by atoms with van der Waals surface area (Å²) in [6.07, 6.45) is 3.94. The number of halogens is 2. The molecule has 1 aromatic rings. The monoisotopic (exact) mass is 277 g/mol. The zero-order valence-corrected chi connectivity index (χ0v) is 11.3. The maximum Gasteiger partial charge on any atom is 0.154 e. The average molecular weight is 278 g/mol. The molecule has 3 aliphatic rings. The van der Waals surface area contributed by atoms with Crippen molar-refractivity contribution in [2.24, 2.45) is 9.98 Å². The van der Waals surface area contributed by atoms with Crippen LogP contribution in [0.4, 0.5) is 10.1 Å². The smallest absolute Gasteiger partial charge is 0.154 e. The molecule has 0 saturated heterocycles. The van der Waals surface area contributed by atoms with E-state index in [-0.39, 0.29) is 16.7 Å². The van der Waals surface area contributed by atoms with Gasteiger partial charge in [-0.3, -0.25) is 4.99 Å². The van der Waals surface area contributed by atoms with E-state index in [1.807, 2.05) is 11.0 Å². The van der Waals surface area contributed by atoms with Crippen LogP contribution in [0.2, 0.25) is 0 Å². The SMILES string of the molecule is CC(Cl)c1ccc2c(c1F)N=CN1CC3(CC3)N=C21. The molecule has 3 nitrogen and oxygen atoms in total. The number of alkyl halides is 1. The molecule has 1 fully saturated rings. The number of benzene rings is 1. The number of hydrogen-bond donors (Lipinski definition) is 0. The first kappa shape index (κ1) is 11.4. The van der Waals surface area contributed by atoms with Crippen LogP contribution in [0, 0.1) is 5.82 Å². The molecule has 0 radical (unpaired) electrons. The van der Waals surface area contributed by atoms with E-state index in [1.54, 1.807) is 19.3 Å². The minimum absolute atomic E-state index is 0.0812. The number of amidine groups is 1. The molecule has 19 heavy (non-hydrogen) atoms. The Kier molecular flexibility index (Phi) is 2.14. The Hall–Kier alpha value is -1.42. The van der Waals surface area contributed by atoms with E-state index in [1.165, 1.54) is 0 Å². The van der Waals surface area contributed by atoms with E-state index in [2.05, 4.69) is 4.99 Å². The molecule has 0 aromatic heterocycles. The molecule has 1 saturated carbocycles. The van der Waals surface area contributed by atoms with E-state index in [4.69, 9.17) is 16.6 Å². The third kappa shape index (κ3) is 1.56. The van der Waals surface area contributed by atoms with Crippen molar-refractivity contribution in [3.05, 3.63) is 29.1 Å². The summed E-state index contributed by atoms with van der Waals surface area (Å²) in [5, 5.41) is -0.362. The molecular weight excluding hydrogens is 265 g/mol. The first-order valence-electron chi connectivity index (χ1n) is 6.47. The highest BCUT2D eigenvalue weighted by molar-refractivity contribution is 6.20. The summed E-state index contributed by atoms with van der Waals surface area (Å²) in [4.78, 5) is 11.0. The summed E-state index contributed by atoms with van der Waals surface area (Å²) in [5.41, 5.74) is 1.73. The lowest BCUT2D eigenvalue weighted by atomic mass is 10.0. The Morgan fingerprint density at radius 2 is 2.21 bits per heavy atom. The fourth-order valence-electron chi connectivity index (χ4n) is 2.76. The Bertz CT molecular complexity index is 632. The van der Waals surface area contributed by atoms with Crippen molar-refractivity contribution in [3.63, 3.8) is 0 Å². The molecule has 1 unspecified atom stereocenters. The summed E-state index contributed by atoms with van der Waals surface area (Å²) in [6.45, 7) is 2.64. The second kappa shape index (κ2) is 3.57. The molecule has 0 amide bonds. The van der Waals surface area contributed by atoms with Crippen LogP contribution in [-0.2, 0) is 0 Å². The van der Waals surface area contributed by atoms with Crippen LogP contribution in [0.5, 0.6) is 0 Å². The van der Waals surface area contributed by atoms with E-state index in [9.17, 15) is 4.39 Å². The van der Waals surface area contributed by atoms with Crippen molar-refractivity contribution in [1.29, 1.82) is 0 Å². The summed E-state index contributed by atoms with van der Waals surface area (Å²) in [7, 11) is 0. The van der Waals surface area contributed by atoms with Crippen LogP contribution in [-0.4, -0.2) is 29.2 Å². The lowest BCUT2D eigenvalue weighted by Crippen LogP contribution is -2.31. The van der Waals surface area contributed by atoms with Gasteiger partial charge in [-0.05, 0) is 25.8 Å². The molecule has 0 N–H and O–H groups in total. The second-order valence-corrected chi connectivity index (χ2v) is 6.17. The number of fused-ring (bicyclic) bond motifs is 3. The normalized spacial score (nSPS) is 23.1. The molecule has 1 spiro atoms. The Morgan fingerprint density at radius 3 is 2.89 bits per heavy atom. The molecule has 4 rings (SSSR count). The molecular formula is C14H13ClFN3. The van der Waals surface area contributed by atoms with Gasteiger partial charge in [0.05, 0.1) is 23.8 Å². The van der Waals surface area contributed by atoms with Gasteiger partial charge in [0.25, 0.3) is 0 Å². The number of nitrogens with zero attached hydrogens (tertiary/aromatic N) is 3. The average Bonchev–Trinajstić information content (AvgIpc) is 3.00. The molecule has 5 heteroatoms. The van der Waals surface area contributed by atoms with E-state index in [0.717, 1.165) is 30.8 Å².